The Bertz CT molecular complexity index is 1720. The molecule has 2 aromatic carbocycles. The fourth-order valence-corrected chi connectivity index (χ4v) is 5.45. The first kappa shape index (κ1) is 29.9. The maximum Gasteiger partial charge on any atom is 0.415 e. The number of nitrogens with zero attached hydrogens (tertiary/aromatic N) is 4. The molecule has 0 spiro atoms. The predicted molar refractivity (Wildman–Crippen MR) is 165 cm³/mol. The van der Waals surface area contributed by atoms with Crippen LogP contribution in [0.2, 0.25) is 5.02 Å². The molecule has 0 saturated carbocycles. The number of ether oxygens (including phenoxy) is 3. The third-order valence-corrected chi connectivity index (χ3v) is 7.45. The quantitative estimate of drug-likeness (QED) is 0.249. The number of rotatable bonds is 7. The molecule has 0 bridgehead atoms. The lowest BCUT2D eigenvalue weighted by molar-refractivity contribution is 0.102. The number of hydrogen-bond donors (Lipinski definition) is 2. The van der Waals surface area contributed by atoms with Gasteiger partial charge in [-0.2, -0.15) is 5.26 Å². The zero-order chi connectivity index (χ0) is 30.7. The van der Waals surface area contributed by atoms with Crippen molar-refractivity contribution in [2.75, 3.05) is 25.5 Å². The highest BCUT2D eigenvalue weighted by atomic mass is 35.5. The highest BCUT2D eigenvalue weighted by Crippen LogP contribution is 2.39. The number of aromatic nitrogens is 2. The molecule has 222 valence electrons. The molecule has 1 atom stereocenters. The summed E-state index contributed by atoms with van der Waals surface area (Å²) < 4.78 is 17.3. The fraction of sp³-hybridized carbons (Fsp3) is 0.312. The van der Waals surface area contributed by atoms with Crippen molar-refractivity contribution >= 4 is 40.0 Å². The topological polar surface area (TPSA) is 122 Å². The molecule has 1 amide bonds. The normalized spacial score (nSPS) is 15.9. The number of nitrogens with one attached hydrogen (secondary N) is 2. The van der Waals surface area contributed by atoms with Crippen LogP contribution >= 0.6 is 11.6 Å². The van der Waals surface area contributed by atoms with Crippen LogP contribution in [0.5, 0.6) is 17.2 Å². The SMILES string of the molecule is COc1cc2c(Nc3ccc(OCc4ncccc4C)cc3Cl)c(C#N)cnc2cc1OC(=O)N1CC(C)NC(C)(C)C1. The Balaban J connectivity index is 1.40. The summed E-state index contributed by atoms with van der Waals surface area (Å²) in [6, 6.07) is 14.8. The van der Waals surface area contributed by atoms with E-state index in [2.05, 4.69) is 26.7 Å². The smallest absolute Gasteiger partial charge is 0.415 e. The van der Waals surface area contributed by atoms with Gasteiger partial charge in [0.25, 0.3) is 0 Å². The molecular formula is C32H33ClN6O4. The van der Waals surface area contributed by atoms with Gasteiger partial charge in [-0.15, -0.1) is 0 Å². The van der Waals surface area contributed by atoms with Gasteiger partial charge in [0.15, 0.2) is 11.5 Å². The van der Waals surface area contributed by atoms with E-state index in [0.29, 0.717) is 64.1 Å². The van der Waals surface area contributed by atoms with Crippen molar-refractivity contribution in [2.24, 2.45) is 0 Å². The molecule has 1 aliphatic rings. The molecular weight excluding hydrogens is 568 g/mol. The molecule has 43 heavy (non-hydrogen) atoms. The summed E-state index contributed by atoms with van der Waals surface area (Å²) in [5.41, 5.74) is 3.49. The Morgan fingerprint density at radius 3 is 2.74 bits per heavy atom. The van der Waals surface area contributed by atoms with Gasteiger partial charge in [-0.25, -0.2) is 4.79 Å². The fourth-order valence-electron chi connectivity index (χ4n) is 5.23. The van der Waals surface area contributed by atoms with Crippen molar-refractivity contribution < 1.29 is 19.0 Å². The van der Waals surface area contributed by atoms with Crippen LogP contribution in [0.1, 0.15) is 37.6 Å². The molecule has 0 aliphatic carbocycles. The van der Waals surface area contributed by atoms with E-state index in [9.17, 15) is 10.1 Å². The molecule has 1 saturated heterocycles. The van der Waals surface area contributed by atoms with Crippen LogP contribution in [-0.4, -0.2) is 52.7 Å². The van der Waals surface area contributed by atoms with Gasteiger partial charge in [0.2, 0.25) is 0 Å². The zero-order valence-corrected chi connectivity index (χ0v) is 25.5. The van der Waals surface area contributed by atoms with Gasteiger partial charge in [-0.3, -0.25) is 9.97 Å². The molecule has 11 heteroatoms. The number of carbonyl (C=O) groups excluding carboxylic acids is 1. The number of fused-ring (bicyclic) bond motifs is 1. The summed E-state index contributed by atoms with van der Waals surface area (Å²) in [7, 11) is 1.49. The number of anilines is 2. The maximum atomic E-state index is 13.1. The number of pyridine rings is 2. The van der Waals surface area contributed by atoms with E-state index in [4.69, 9.17) is 25.8 Å². The van der Waals surface area contributed by atoms with Crippen molar-refractivity contribution in [3.8, 4) is 23.3 Å². The van der Waals surface area contributed by atoms with Crippen LogP contribution in [0.15, 0.2) is 54.9 Å². The molecule has 2 N–H and O–H groups in total. The first-order valence-corrected chi connectivity index (χ1v) is 14.2. The third kappa shape index (κ3) is 6.74. The van der Waals surface area contributed by atoms with Crippen molar-refractivity contribution in [3.63, 3.8) is 0 Å². The van der Waals surface area contributed by atoms with Crippen LogP contribution in [0, 0.1) is 18.3 Å². The van der Waals surface area contributed by atoms with Crippen molar-refractivity contribution in [1.29, 1.82) is 5.26 Å². The van der Waals surface area contributed by atoms with Crippen LogP contribution in [0.25, 0.3) is 10.9 Å². The molecule has 4 aromatic rings. The standard InChI is InChI=1S/C32H33ClN6O4/c1-19-7-6-10-35-27(19)17-42-22-8-9-25(24(33)11-22)37-30-21(14-34)15-36-26-13-29(28(41-5)12-23(26)30)43-31(40)39-16-20(2)38-32(3,4)18-39/h6-13,15,20,38H,16-18H2,1-5H3,(H,36,37). The summed E-state index contributed by atoms with van der Waals surface area (Å²) in [5, 5.41) is 17.6. The minimum Gasteiger partial charge on any atom is -0.493 e. The highest BCUT2D eigenvalue weighted by molar-refractivity contribution is 6.33. The Hall–Kier alpha value is -4.59. The second-order valence-electron chi connectivity index (χ2n) is 11.2. The van der Waals surface area contributed by atoms with Gasteiger partial charge in [0, 0.05) is 54.6 Å². The first-order valence-electron chi connectivity index (χ1n) is 13.8. The van der Waals surface area contributed by atoms with Gasteiger partial charge in [-0.05, 0) is 57.5 Å². The number of hydrogen-bond acceptors (Lipinski definition) is 9. The Morgan fingerprint density at radius 1 is 1.23 bits per heavy atom. The number of halogens is 1. The lowest BCUT2D eigenvalue weighted by Crippen LogP contribution is -2.62. The van der Waals surface area contributed by atoms with E-state index < -0.39 is 6.09 Å². The van der Waals surface area contributed by atoms with Crippen LogP contribution < -0.4 is 24.8 Å². The zero-order valence-electron chi connectivity index (χ0n) is 24.7. The van der Waals surface area contributed by atoms with Crippen molar-refractivity contribution in [3.05, 3.63) is 76.7 Å². The van der Waals surface area contributed by atoms with Gasteiger partial charge >= 0.3 is 6.09 Å². The maximum absolute atomic E-state index is 13.1. The molecule has 2 aromatic heterocycles. The molecule has 3 heterocycles. The Morgan fingerprint density at radius 2 is 2.05 bits per heavy atom. The van der Waals surface area contributed by atoms with E-state index in [-0.39, 0.29) is 17.3 Å². The molecule has 10 nitrogen and oxygen atoms in total. The summed E-state index contributed by atoms with van der Waals surface area (Å²) in [5.74, 6) is 1.13. The number of benzene rings is 2. The van der Waals surface area contributed by atoms with Crippen LogP contribution in [0.4, 0.5) is 16.2 Å². The monoisotopic (exact) mass is 600 g/mol. The van der Waals surface area contributed by atoms with E-state index >= 15 is 0 Å². The number of carbonyl (C=O) groups is 1. The lowest BCUT2D eigenvalue weighted by atomic mass is 10.00. The van der Waals surface area contributed by atoms with E-state index in [1.807, 2.05) is 39.8 Å². The minimum atomic E-state index is -0.474. The second-order valence-corrected chi connectivity index (χ2v) is 11.6. The lowest BCUT2D eigenvalue weighted by Gasteiger charge is -2.42. The summed E-state index contributed by atoms with van der Waals surface area (Å²) in [4.78, 5) is 23.6. The molecule has 1 fully saturated rings. The number of amides is 1. The van der Waals surface area contributed by atoms with E-state index in [0.717, 1.165) is 11.3 Å². The van der Waals surface area contributed by atoms with Gasteiger partial charge in [0.05, 0.1) is 40.3 Å². The molecule has 1 aliphatic heterocycles. The largest absolute Gasteiger partial charge is 0.493 e. The average molecular weight is 601 g/mol. The van der Waals surface area contributed by atoms with E-state index in [1.165, 1.54) is 13.3 Å². The van der Waals surface area contributed by atoms with E-state index in [1.54, 1.807) is 41.4 Å². The molecule has 0 radical (unpaired) electrons. The van der Waals surface area contributed by atoms with Crippen LogP contribution in [0.3, 0.4) is 0 Å². The molecule has 5 rings (SSSR count). The number of nitriles is 1. The number of aryl methyl sites for hydroxylation is 1. The van der Waals surface area contributed by atoms with Gasteiger partial charge in [-0.1, -0.05) is 17.7 Å². The summed E-state index contributed by atoms with van der Waals surface area (Å²) in [6.45, 7) is 9.41. The molecule has 1 unspecified atom stereocenters. The summed E-state index contributed by atoms with van der Waals surface area (Å²) >= 11 is 6.64. The Labute approximate surface area is 255 Å². The average Bonchev–Trinajstić information content (AvgIpc) is 2.96. The first-order chi connectivity index (χ1) is 20.6. The van der Waals surface area contributed by atoms with Crippen molar-refractivity contribution in [2.45, 2.75) is 45.9 Å². The second kappa shape index (κ2) is 12.3. The van der Waals surface area contributed by atoms with Crippen LogP contribution in [-0.2, 0) is 6.61 Å². The van der Waals surface area contributed by atoms with Gasteiger partial charge in [0.1, 0.15) is 18.4 Å². The Kier molecular flexibility index (Phi) is 8.57. The predicted octanol–water partition coefficient (Wildman–Crippen LogP) is 6.37. The van der Waals surface area contributed by atoms with Gasteiger partial charge < -0.3 is 29.7 Å². The number of piperazine rings is 1. The third-order valence-electron chi connectivity index (χ3n) is 7.14. The number of methoxy groups -OCH3 is 1. The minimum absolute atomic E-state index is 0.118. The summed E-state index contributed by atoms with van der Waals surface area (Å²) in [6.07, 6.45) is 2.72. The highest BCUT2D eigenvalue weighted by Gasteiger charge is 2.33. The van der Waals surface area contributed by atoms with Crippen molar-refractivity contribution in [1.82, 2.24) is 20.2 Å².